The highest BCUT2D eigenvalue weighted by atomic mass is 79.9. The van der Waals surface area contributed by atoms with Crippen LogP contribution in [0, 0.1) is 0 Å². The molecule has 6 bridgehead atoms. The van der Waals surface area contributed by atoms with Gasteiger partial charge in [-0.15, -0.1) is 19.7 Å². The second-order valence-electron chi connectivity index (χ2n) is 22.5. The molecule has 8 N–H and O–H groups in total. The molecule has 15 rings (SSSR count). The Labute approximate surface area is 433 Å². The molecule has 73 heavy (non-hydrogen) atoms. The maximum absolute atomic E-state index is 12.6. The van der Waals surface area contributed by atoms with Gasteiger partial charge in [-0.2, -0.15) is 0 Å². The first-order chi connectivity index (χ1) is 35.0. The fourth-order valence-electron chi connectivity index (χ4n) is 17.0. The standard InChI is InChI=1S/C19H23NO4.C19H21NO4.C16H17NO4.C3H5Br/c2*1-2-8-20-9-7-18-15-11-3-4-12(21)16(15)24-17(18)13(22)5-6-19(18,23)14(20)10-11;18-9-2-1-8-7-11-16(20)4-3-10(19)14-15(16,5-6-17-11)12(8)13(9)21-14;1-2-3-4/h2-4,13-14,17,21-23H,1,5-10H2;2-4,14,17,21,23H,1,5-10H2;1-2,11,14,17-18,20H,3-7H2;2H,1,3H2/t13-,14?,17-,18-,19-;14?,17-,18-,19-;11?,14-,15-,16-;/m000./s1. The summed E-state index contributed by atoms with van der Waals surface area (Å²) in [6, 6.07) is 10.6. The summed E-state index contributed by atoms with van der Waals surface area (Å²) >= 11 is 3.13. The van der Waals surface area contributed by atoms with E-state index < -0.39 is 57.5 Å². The van der Waals surface area contributed by atoms with Crippen molar-refractivity contribution in [2.75, 3.05) is 38.1 Å². The van der Waals surface area contributed by atoms with Gasteiger partial charge in [0.05, 0.1) is 39.2 Å². The van der Waals surface area contributed by atoms with Crippen LogP contribution in [0.1, 0.15) is 91.2 Å². The third-order valence-corrected chi connectivity index (χ3v) is 20.3. The largest absolute Gasteiger partial charge is 0.504 e. The van der Waals surface area contributed by atoms with Crippen LogP contribution in [-0.2, 0) is 45.1 Å². The van der Waals surface area contributed by atoms with Crippen LogP contribution in [-0.4, -0.2) is 155 Å². The number of ether oxygens (including phenoxy) is 3. The van der Waals surface area contributed by atoms with Gasteiger partial charge in [0.25, 0.3) is 0 Å². The second-order valence-corrected chi connectivity index (χ2v) is 23.2. The number of nitrogens with one attached hydrogen (secondary N) is 1. The van der Waals surface area contributed by atoms with Crippen molar-refractivity contribution in [1.82, 2.24) is 15.1 Å². The number of phenolic OH excluding ortho intramolecular Hbond substituents is 3. The molecule has 12 aliphatic rings. The number of rotatable bonds is 5. The average molecular weight is 1070 g/mol. The van der Waals surface area contributed by atoms with Gasteiger partial charge in [0.1, 0.15) is 6.10 Å². The smallest absolute Gasteiger partial charge is 0.174 e. The van der Waals surface area contributed by atoms with Gasteiger partial charge in [-0.05, 0) is 112 Å². The third kappa shape index (κ3) is 6.17. The second kappa shape index (κ2) is 17.1. The van der Waals surface area contributed by atoms with Gasteiger partial charge in [0.2, 0.25) is 0 Å². The molecule has 16 heteroatoms. The Balaban J connectivity index is 0.000000108. The molecule has 6 aliphatic carbocycles. The van der Waals surface area contributed by atoms with E-state index >= 15 is 0 Å². The highest BCUT2D eigenvalue weighted by Crippen LogP contribution is 2.68. The molecule has 6 aliphatic heterocycles. The van der Waals surface area contributed by atoms with Crippen molar-refractivity contribution in [2.24, 2.45) is 0 Å². The number of halogens is 1. The molecular weight excluding hydrogens is 999 g/mol. The van der Waals surface area contributed by atoms with Gasteiger partial charge in [-0.1, -0.05) is 52.4 Å². The number of hydrogen-bond acceptors (Lipinski definition) is 15. The Hall–Kier alpha value is -4.78. The van der Waals surface area contributed by atoms with E-state index in [2.05, 4.69) is 50.8 Å². The monoisotopic (exact) mass is 1060 g/mol. The van der Waals surface area contributed by atoms with Gasteiger partial charge >= 0.3 is 0 Å². The van der Waals surface area contributed by atoms with Gasteiger partial charge in [0.15, 0.2) is 58.3 Å². The highest BCUT2D eigenvalue weighted by molar-refractivity contribution is 9.09. The number of Topliss-reactive ketones (excluding diaryl/α,β-unsaturated/α-hetero) is 2. The molecule has 3 aromatic rings. The first-order valence-corrected chi connectivity index (χ1v) is 27.2. The summed E-state index contributed by atoms with van der Waals surface area (Å²) < 4.78 is 18.0. The molecule has 3 saturated heterocycles. The van der Waals surface area contributed by atoms with Gasteiger partial charge < -0.3 is 55.3 Å². The van der Waals surface area contributed by atoms with E-state index in [1.165, 1.54) is 0 Å². The predicted octanol–water partition coefficient (Wildman–Crippen LogP) is 4.36. The summed E-state index contributed by atoms with van der Waals surface area (Å²) in [5.41, 5.74) is 1.11. The number of allylic oxidation sites excluding steroid dienone is 1. The number of nitrogens with zero attached hydrogens (tertiary/aromatic N) is 2. The van der Waals surface area contributed by atoms with Crippen LogP contribution in [0.3, 0.4) is 0 Å². The number of aliphatic hydroxyl groups is 4. The number of aromatic hydroxyl groups is 3. The zero-order valence-corrected chi connectivity index (χ0v) is 42.6. The first kappa shape index (κ1) is 49.1. The van der Waals surface area contributed by atoms with E-state index in [-0.39, 0.29) is 46.9 Å². The predicted molar refractivity (Wildman–Crippen MR) is 273 cm³/mol. The molecule has 0 radical (unpaired) electrons. The van der Waals surface area contributed by atoms with Crippen LogP contribution < -0.4 is 19.5 Å². The van der Waals surface area contributed by atoms with E-state index in [0.29, 0.717) is 81.5 Å². The van der Waals surface area contributed by atoms with Crippen LogP contribution in [0.25, 0.3) is 0 Å². The summed E-state index contributed by atoms with van der Waals surface area (Å²) in [6.07, 6.45) is 10.0. The van der Waals surface area contributed by atoms with Crippen LogP contribution in [0.5, 0.6) is 34.5 Å². The third-order valence-electron chi connectivity index (χ3n) is 19.8. The molecule has 3 aromatic carbocycles. The minimum atomic E-state index is -1.00. The van der Waals surface area contributed by atoms with Crippen molar-refractivity contribution in [3.63, 3.8) is 0 Å². The van der Waals surface area contributed by atoms with E-state index in [9.17, 15) is 45.3 Å². The SMILES string of the molecule is C=CCBr.C=CCN1CC[C@]23c4c5ccc(O)c4O[C@H]2C(=O)CC[C@]3(O)C1C5.C=CCN1CC[C@]23c4c5ccc(O)c4O[C@H]2[C@@H](O)CC[C@]3(O)C1C5.O=C1CC[C@]2(O)C3Cc4ccc(O)c5c4[C@@]2(CCN3)[C@H]1O5. The maximum Gasteiger partial charge on any atom is 0.174 e. The summed E-state index contributed by atoms with van der Waals surface area (Å²) in [4.78, 5) is 29.7. The lowest BCUT2D eigenvalue weighted by molar-refractivity contribution is -0.206. The summed E-state index contributed by atoms with van der Waals surface area (Å²) in [6.45, 7) is 15.0. The van der Waals surface area contributed by atoms with Crippen molar-refractivity contribution in [3.05, 3.63) is 108 Å². The maximum atomic E-state index is 12.6. The molecule has 6 fully saturated rings. The van der Waals surface area contributed by atoms with Crippen LogP contribution >= 0.6 is 15.9 Å². The zero-order valence-electron chi connectivity index (χ0n) is 41.0. The molecule has 3 saturated carbocycles. The van der Waals surface area contributed by atoms with E-state index in [0.717, 1.165) is 84.3 Å². The first-order valence-electron chi connectivity index (χ1n) is 26.1. The average Bonchev–Trinajstić information content (AvgIpc) is 4.05. The molecule has 13 atom stereocenters. The fraction of sp³-hybridized carbons (Fsp3) is 0.544. The Morgan fingerprint density at radius 2 is 1.07 bits per heavy atom. The molecule has 0 aromatic heterocycles. The number of benzene rings is 3. The number of hydrogen-bond donors (Lipinski definition) is 8. The minimum absolute atomic E-state index is 0.00848. The lowest BCUT2D eigenvalue weighted by Crippen LogP contribution is -2.77. The number of piperidine rings is 3. The van der Waals surface area contributed by atoms with E-state index in [4.69, 9.17) is 14.2 Å². The molecule has 3 spiro atoms. The Morgan fingerprint density at radius 3 is 1.59 bits per heavy atom. The van der Waals surface area contributed by atoms with Crippen LogP contribution in [0.15, 0.2) is 74.4 Å². The van der Waals surface area contributed by atoms with Gasteiger partial charge in [-0.3, -0.25) is 19.4 Å². The van der Waals surface area contributed by atoms with Crippen LogP contribution in [0.4, 0.5) is 0 Å². The number of carbonyl (C=O) groups excluding carboxylic acids is 2. The van der Waals surface area contributed by atoms with E-state index in [1.54, 1.807) is 24.3 Å². The summed E-state index contributed by atoms with van der Waals surface area (Å²) in [5.74, 6) is 1.66. The molecule has 15 nitrogen and oxygen atoms in total. The van der Waals surface area contributed by atoms with Crippen molar-refractivity contribution < 1.29 is 59.5 Å². The molecular formula is C57H66BrN3O12. The van der Waals surface area contributed by atoms with Crippen molar-refractivity contribution >= 4 is 27.5 Å². The van der Waals surface area contributed by atoms with Gasteiger partial charge in [-0.25, -0.2) is 0 Å². The number of aliphatic hydroxyl groups excluding tert-OH is 1. The Kier molecular flexibility index (Phi) is 11.5. The lowest BCUT2D eigenvalue weighted by Gasteiger charge is -2.63. The topological polar surface area (TPSA) is 222 Å². The number of alkyl halides is 1. The van der Waals surface area contributed by atoms with Crippen LogP contribution in [0.2, 0.25) is 0 Å². The molecule has 3 unspecified atom stereocenters. The number of ketones is 2. The van der Waals surface area contributed by atoms with Gasteiger partial charge in [0, 0.05) is 72.6 Å². The zero-order chi connectivity index (χ0) is 51.2. The Bertz CT molecular complexity index is 2860. The van der Waals surface area contributed by atoms with Crippen molar-refractivity contribution in [3.8, 4) is 34.5 Å². The molecule has 388 valence electrons. The number of carbonyl (C=O) groups is 2. The van der Waals surface area contributed by atoms with E-state index in [1.807, 2.05) is 30.4 Å². The Morgan fingerprint density at radius 1 is 0.616 bits per heavy atom. The molecule has 0 amide bonds. The summed E-state index contributed by atoms with van der Waals surface area (Å²) in [5, 5.41) is 80.8. The minimum Gasteiger partial charge on any atom is -0.504 e. The normalized spacial score (nSPS) is 39.4. The fourth-order valence-corrected chi connectivity index (χ4v) is 17.0. The van der Waals surface area contributed by atoms with Crippen molar-refractivity contribution in [2.45, 2.75) is 153 Å². The number of likely N-dealkylation sites (tertiary alicyclic amines) is 2. The highest BCUT2D eigenvalue weighted by Gasteiger charge is 2.75. The quantitative estimate of drug-likeness (QED) is 0.131. The summed E-state index contributed by atoms with van der Waals surface area (Å²) in [7, 11) is 0. The lowest BCUT2D eigenvalue weighted by atomic mass is 9.48. The van der Waals surface area contributed by atoms with Crippen molar-refractivity contribution in [1.29, 1.82) is 0 Å². The number of phenols is 3. The molecule has 6 heterocycles.